The summed E-state index contributed by atoms with van der Waals surface area (Å²) in [4.78, 5) is 16.6. The number of ether oxygens (including phenoxy) is 1. The lowest BCUT2D eigenvalue weighted by Gasteiger charge is -2.10. The summed E-state index contributed by atoms with van der Waals surface area (Å²) in [6.07, 6.45) is 1.77. The molecule has 0 bridgehead atoms. The SMILES string of the molecule is COc1nn(C)c(=O)n1Cc1cc(-c2ccccn2)ccc1C. The molecule has 6 heteroatoms. The van der Waals surface area contributed by atoms with E-state index >= 15 is 0 Å². The van der Waals surface area contributed by atoms with Crippen LogP contribution in [0.25, 0.3) is 11.3 Å². The van der Waals surface area contributed by atoms with Crippen LogP contribution in [0.3, 0.4) is 0 Å². The Morgan fingerprint density at radius 1 is 1.22 bits per heavy atom. The van der Waals surface area contributed by atoms with Gasteiger partial charge in [0.15, 0.2) is 0 Å². The number of aromatic nitrogens is 4. The van der Waals surface area contributed by atoms with E-state index in [9.17, 15) is 4.79 Å². The Morgan fingerprint density at radius 3 is 2.74 bits per heavy atom. The highest BCUT2D eigenvalue weighted by molar-refractivity contribution is 5.60. The first-order valence-electron chi connectivity index (χ1n) is 7.29. The molecule has 0 aliphatic heterocycles. The van der Waals surface area contributed by atoms with Crippen LogP contribution in [-0.4, -0.2) is 26.4 Å². The molecule has 3 aromatic rings. The van der Waals surface area contributed by atoms with E-state index in [0.29, 0.717) is 12.6 Å². The first-order valence-corrected chi connectivity index (χ1v) is 7.29. The fourth-order valence-corrected chi connectivity index (χ4v) is 2.47. The smallest absolute Gasteiger partial charge is 0.348 e. The van der Waals surface area contributed by atoms with Gasteiger partial charge in [-0.15, -0.1) is 5.10 Å². The van der Waals surface area contributed by atoms with Crippen LogP contribution in [0.15, 0.2) is 47.4 Å². The average Bonchev–Trinajstić information content (AvgIpc) is 2.85. The molecule has 0 saturated heterocycles. The van der Waals surface area contributed by atoms with Gasteiger partial charge >= 0.3 is 11.7 Å². The molecule has 0 atom stereocenters. The van der Waals surface area contributed by atoms with Gasteiger partial charge in [0.25, 0.3) is 0 Å². The molecular formula is C17H18N4O2. The van der Waals surface area contributed by atoms with Crippen LogP contribution in [0, 0.1) is 6.92 Å². The highest BCUT2D eigenvalue weighted by atomic mass is 16.5. The van der Waals surface area contributed by atoms with Crippen molar-refractivity contribution >= 4 is 0 Å². The third-order valence-corrected chi connectivity index (χ3v) is 3.80. The van der Waals surface area contributed by atoms with Crippen LogP contribution < -0.4 is 10.4 Å². The first kappa shape index (κ1) is 15.0. The number of rotatable bonds is 4. The molecule has 6 nitrogen and oxygen atoms in total. The quantitative estimate of drug-likeness (QED) is 0.739. The maximum absolute atomic E-state index is 12.2. The highest BCUT2D eigenvalue weighted by Gasteiger charge is 2.13. The lowest BCUT2D eigenvalue weighted by molar-refractivity contribution is 0.357. The standard InChI is InChI=1S/C17H18N4O2/c1-12-7-8-13(15-6-4-5-9-18-15)10-14(12)11-21-16(23-3)19-20(2)17(21)22/h4-10H,11H2,1-3H3. The van der Waals surface area contributed by atoms with Gasteiger partial charge in [-0.1, -0.05) is 18.2 Å². The number of pyridine rings is 1. The first-order chi connectivity index (χ1) is 11.1. The van der Waals surface area contributed by atoms with Gasteiger partial charge in [-0.25, -0.2) is 14.0 Å². The molecule has 23 heavy (non-hydrogen) atoms. The maximum atomic E-state index is 12.2. The normalized spacial score (nSPS) is 10.7. The molecule has 0 fully saturated rings. The fraction of sp³-hybridized carbons (Fsp3) is 0.235. The summed E-state index contributed by atoms with van der Waals surface area (Å²) in [6.45, 7) is 2.42. The van der Waals surface area contributed by atoms with Gasteiger partial charge in [-0.3, -0.25) is 4.98 Å². The van der Waals surface area contributed by atoms with E-state index in [2.05, 4.69) is 16.1 Å². The zero-order valence-corrected chi connectivity index (χ0v) is 13.4. The van der Waals surface area contributed by atoms with E-state index in [1.54, 1.807) is 13.2 Å². The molecule has 2 heterocycles. The predicted octanol–water partition coefficient (Wildman–Crippen LogP) is 2.01. The summed E-state index contributed by atoms with van der Waals surface area (Å²) in [6, 6.07) is 12.2. The van der Waals surface area contributed by atoms with Crippen molar-refractivity contribution < 1.29 is 4.74 Å². The molecule has 0 radical (unpaired) electrons. The highest BCUT2D eigenvalue weighted by Crippen LogP contribution is 2.21. The second-order valence-corrected chi connectivity index (χ2v) is 5.34. The molecule has 0 spiro atoms. The lowest BCUT2D eigenvalue weighted by atomic mass is 10.0. The Balaban J connectivity index is 2.03. The predicted molar refractivity (Wildman–Crippen MR) is 87.5 cm³/mol. The third kappa shape index (κ3) is 2.88. The van der Waals surface area contributed by atoms with Crippen molar-refractivity contribution in [3.8, 4) is 17.3 Å². The van der Waals surface area contributed by atoms with Crippen LogP contribution in [0.5, 0.6) is 6.01 Å². The van der Waals surface area contributed by atoms with Gasteiger partial charge in [0.1, 0.15) is 0 Å². The number of methoxy groups -OCH3 is 1. The van der Waals surface area contributed by atoms with E-state index in [4.69, 9.17) is 4.74 Å². The lowest BCUT2D eigenvalue weighted by Crippen LogP contribution is -2.23. The second kappa shape index (κ2) is 6.08. The largest absolute Gasteiger partial charge is 0.467 e. The summed E-state index contributed by atoms with van der Waals surface area (Å²) in [7, 11) is 3.12. The van der Waals surface area contributed by atoms with Gasteiger partial charge in [0.05, 0.1) is 19.3 Å². The Kier molecular flexibility index (Phi) is 3.97. The molecule has 0 aliphatic carbocycles. The van der Waals surface area contributed by atoms with E-state index in [1.165, 1.54) is 16.4 Å². The van der Waals surface area contributed by atoms with Gasteiger partial charge in [0.2, 0.25) is 0 Å². The van der Waals surface area contributed by atoms with E-state index in [0.717, 1.165) is 22.4 Å². The number of aryl methyl sites for hydroxylation is 2. The molecule has 0 saturated carbocycles. The Bertz CT molecular complexity index is 881. The summed E-state index contributed by atoms with van der Waals surface area (Å²) in [5.74, 6) is 0. The van der Waals surface area contributed by atoms with Crippen molar-refractivity contribution in [2.75, 3.05) is 7.11 Å². The minimum Gasteiger partial charge on any atom is -0.467 e. The molecule has 2 aromatic heterocycles. The third-order valence-electron chi connectivity index (χ3n) is 3.80. The summed E-state index contributed by atoms with van der Waals surface area (Å²) in [5.41, 5.74) is 3.84. The van der Waals surface area contributed by atoms with Crippen molar-refractivity contribution in [2.24, 2.45) is 7.05 Å². The summed E-state index contributed by atoms with van der Waals surface area (Å²) < 4.78 is 7.99. The molecule has 0 unspecified atom stereocenters. The van der Waals surface area contributed by atoms with Crippen LogP contribution in [0.4, 0.5) is 0 Å². The topological polar surface area (TPSA) is 61.9 Å². The van der Waals surface area contributed by atoms with Gasteiger partial charge in [-0.05, 0) is 36.2 Å². The number of hydrogen-bond donors (Lipinski definition) is 0. The maximum Gasteiger partial charge on any atom is 0.348 e. The molecule has 1 aromatic carbocycles. The minimum atomic E-state index is -0.204. The van der Waals surface area contributed by atoms with Crippen molar-refractivity contribution in [1.29, 1.82) is 0 Å². The monoisotopic (exact) mass is 310 g/mol. The molecule has 3 rings (SSSR count). The van der Waals surface area contributed by atoms with Crippen molar-refractivity contribution in [1.82, 2.24) is 19.3 Å². The zero-order valence-electron chi connectivity index (χ0n) is 13.4. The summed E-state index contributed by atoms with van der Waals surface area (Å²) in [5, 5.41) is 4.07. The van der Waals surface area contributed by atoms with Crippen LogP contribution in [0.2, 0.25) is 0 Å². The average molecular weight is 310 g/mol. The number of hydrogen-bond acceptors (Lipinski definition) is 4. The summed E-state index contributed by atoms with van der Waals surface area (Å²) >= 11 is 0. The van der Waals surface area contributed by atoms with Gasteiger partial charge in [0, 0.05) is 18.8 Å². The molecule has 118 valence electrons. The van der Waals surface area contributed by atoms with E-state index < -0.39 is 0 Å². The van der Waals surface area contributed by atoms with Gasteiger partial charge in [-0.2, -0.15) is 0 Å². The Morgan fingerprint density at radius 2 is 2.04 bits per heavy atom. The second-order valence-electron chi connectivity index (χ2n) is 5.34. The van der Waals surface area contributed by atoms with Crippen LogP contribution >= 0.6 is 0 Å². The number of benzene rings is 1. The Hall–Kier alpha value is -2.89. The molecule has 0 amide bonds. The van der Waals surface area contributed by atoms with Crippen LogP contribution in [0.1, 0.15) is 11.1 Å². The molecule has 0 aliphatic rings. The molecular weight excluding hydrogens is 292 g/mol. The number of nitrogens with zero attached hydrogens (tertiary/aromatic N) is 4. The van der Waals surface area contributed by atoms with Crippen molar-refractivity contribution in [3.63, 3.8) is 0 Å². The molecule has 0 N–H and O–H groups in total. The van der Waals surface area contributed by atoms with Crippen molar-refractivity contribution in [2.45, 2.75) is 13.5 Å². The van der Waals surface area contributed by atoms with Crippen molar-refractivity contribution in [3.05, 3.63) is 64.2 Å². The van der Waals surface area contributed by atoms with E-state index in [-0.39, 0.29) is 5.69 Å². The Labute approximate surface area is 134 Å². The van der Waals surface area contributed by atoms with E-state index in [1.807, 2.05) is 37.3 Å². The van der Waals surface area contributed by atoms with Gasteiger partial charge < -0.3 is 4.74 Å². The van der Waals surface area contributed by atoms with Crippen LogP contribution in [-0.2, 0) is 13.6 Å². The zero-order chi connectivity index (χ0) is 16.4. The minimum absolute atomic E-state index is 0.204. The fourth-order valence-electron chi connectivity index (χ4n) is 2.47.